The molecule has 1 aromatic rings. The van der Waals surface area contributed by atoms with Crippen LogP contribution in [0.25, 0.3) is 0 Å². The molecule has 2 saturated heterocycles. The third kappa shape index (κ3) is 3.82. The van der Waals surface area contributed by atoms with Gasteiger partial charge in [0.2, 0.25) is 5.91 Å². The average molecular weight is 338 g/mol. The minimum Gasteiger partial charge on any atom is -0.368 e. The average Bonchev–Trinajstić information content (AvgIpc) is 3.11. The highest BCUT2D eigenvalue weighted by Gasteiger charge is 2.31. The molecule has 2 aliphatic rings. The Morgan fingerprint density at radius 1 is 1.26 bits per heavy atom. The maximum Gasteiger partial charge on any atom is 0.251 e. The van der Waals surface area contributed by atoms with Crippen molar-refractivity contribution in [3.63, 3.8) is 0 Å². The van der Waals surface area contributed by atoms with Crippen LogP contribution in [0, 0.1) is 0 Å². The smallest absolute Gasteiger partial charge is 0.251 e. The fraction of sp³-hybridized carbons (Fsp3) is 0.562. The molecule has 2 aliphatic heterocycles. The van der Waals surface area contributed by atoms with Crippen LogP contribution in [0.1, 0.15) is 18.4 Å². The summed E-state index contributed by atoms with van der Waals surface area (Å²) in [4.78, 5) is 32.2. The summed E-state index contributed by atoms with van der Waals surface area (Å²) < 4.78 is 5.44. The third-order valence-corrected chi connectivity index (χ3v) is 4.70. The van der Waals surface area contributed by atoms with Gasteiger partial charge in [0.1, 0.15) is 6.10 Å². The highest BCUT2D eigenvalue weighted by Crippen LogP contribution is 2.18. The van der Waals surface area contributed by atoms with E-state index in [1.807, 2.05) is 0 Å². The first kappa shape index (κ1) is 16.2. The van der Waals surface area contributed by atoms with Crippen LogP contribution in [0.2, 0.25) is 5.02 Å². The molecule has 0 unspecified atom stereocenters. The number of carbonyl (C=O) groups is 2. The zero-order valence-electron chi connectivity index (χ0n) is 12.9. The van der Waals surface area contributed by atoms with Crippen molar-refractivity contribution < 1.29 is 14.3 Å². The predicted molar refractivity (Wildman–Crippen MR) is 85.1 cm³/mol. The Hall–Kier alpha value is -1.66. The second kappa shape index (κ2) is 7.27. The Bertz CT molecular complexity index is 582. The van der Waals surface area contributed by atoms with Crippen molar-refractivity contribution >= 4 is 23.4 Å². The van der Waals surface area contributed by atoms with E-state index in [0.29, 0.717) is 37.8 Å². The number of amides is 2. The predicted octanol–water partition coefficient (Wildman–Crippen LogP) is 1.13. The zero-order chi connectivity index (χ0) is 16.2. The second-order valence-corrected chi connectivity index (χ2v) is 6.26. The van der Waals surface area contributed by atoms with Crippen molar-refractivity contribution in [1.29, 1.82) is 0 Å². The summed E-state index contributed by atoms with van der Waals surface area (Å²) in [5.41, 5.74) is 0.733. The topological polar surface area (TPSA) is 62.7 Å². The van der Waals surface area contributed by atoms with Crippen LogP contribution in [0.15, 0.2) is 18.5 Å². The lowest BCUT2D eigenvalue weighted by atomic mass is 10.1. The molecule has 3 rings (SSSR count). The molecule has 7 heteroatoms. The highest BCUT2D eigenvalue weighted by molar-refractivity contribution is 6.31. The van der Waals surface area contributed by atoms with Gasteiger partial charge in [-0.3, -0.25) is 14.6 Å². The van der Waals surface area contributed by atoms with Crippen LogP contribution >= 0.6 is 11.6 Å². The van der Waals surface area contributed by atoms with Gasteiger partial charge in [-0.2, -0.15) is 0 Å². The molecule has 2 fully saturated rings. The number of piperazine rings is 1. The lowest BCUT2D eigenvalue weighted by molar-refractivity contribution is -0.145. The van der Waals surface area contributed by atoms with Crippen LogP contribution in [0.5, 0.6) is 0 Å². The number of ether oxygens (including phenoxy) is 1. The molecule has 0 N–H and O–H groups in total. The number of pyridine rings is 1. The van der Waals surface area contributed by atoms with Crippen molar-refractivity contribution in [1.82, 2.24) is 14.8 Å². The first-order valence-electron chi connectivity index (χ1n) is 7.91. The maximum absolute atomic E-state index is 12.4. The molecule has 1 atom stereocenters. The van der Waals surface area contributed by atoms with Gasteiger partial charge in [-0.1, -0.05) is 11.6 Å². The first-order chi connectivity index (χ1) is 11.1. The van der Waals surface area contributed by atoms with E-state index in [2.05, 4.69) is 4.98 Å². The van der Waals surface area contributed by atoms with Crippen molar-refractivity contribution in [3.05, 3.63) is 29.0 Å². The van der Waals surface area contributed by atoms with E-state index in [0.717, 1.165) is 18.4 Å². The van der Waals surface area contributed by atoms with Crippen LogP contribution in [-0.2, 0) is 20.7 Å². The quantitative estimate of drug-likeness (QED) is 0.829. The van der Waals surface area contributed by atoms with Crippen molar-refractivity contribution in [3.8, 4) is 0 Å². The van der Waals surface area contributed by atoms with E-state index < -0.39 is 0 Å². The summed E-state index contributed by atoms with van der Waals surface area (Å²) in [6, 6.07) is 1.68. The summed E-state index contributed by atoms with van der Waals surface area (Å²) in [6.45, 7) is 2.89. The molecule has 0 radical (unpaired) electrons. The summed E-state index contributed by atoms with van der Waals surface area (Å²) in [7, 11) is 0. The van der Waals surface area contributed by atoms with E-state index in [4.69, 9.17) is 16.3 Å². The highest BCUT2D eigenvalue weighted by atomic mass is 35.5. The van der Waals surface area contributed by atoms with Crippen LogP contribution in [-0.4, -0.2) is 65.5 Å². The Kier molecular flexibility index (Phi) is 5.13. The van der Waals surface area contributed by atoms with E-state index in [1.165, 1.54) is 0 Å². The standard InChI is InChI=1S/C16H20ClN3O3/c17-13-3-4-18-11-12(13)10-15(21)19-5-7-20(8-6-19)16(22)14-2-1-9-23-14/h3-4,11,14H,1-2,5-10H2/t14-/m1/s1. The Morgan fingerprint density at radius 3 is 2.65 bits per heavy atom. The summed E-state index contributed by atoms with van der Waals surface area (Å²) in [5.74, 6) is 0.0778. The Labute approximate surface area is 140 Å². The molecule has 0 spiro atoms. The molecule has 23 heavy (non-hydrogen) atoms. The molecule has 2 amide bonds. The SMILES string of the molecule is O=C(Cc1cnccc1Cl)N1CCN(C(=O)[C@H]2CCCO2)CC1. The fourth-order valence-electron chi connectivity index (χ4n) is 2.97. The molecule has 0 saturated carbocycles. The minimum atomic E-state index is -0.286. The van der Waals surface area contributed by atoms with E-state index in [-0.39, 0.29) is 24.3 Å². The lowest BCUT2D eigenvalue weighted by Crippen LogP contribution is -2.53. The van der Waals surface area contributed by atoms with Crippen molar-refractivity contribution in [2.24, 2.45) is 0 Å². The van der Waals surface area contributed by atoms with E-state index in [1.54, 1.807) is 28.3 Å². The van der Waals surface area contributed by atoms with Crippen molar-refractivity contribution in [2.45, 2.75) is 25.4 Å². The summed E-state index contributed by atoms with van der Waals surface area (Å²) in [5, 5.41) is 0.556. The summed E-state index contributed by atoms with van der Waals surface area (Å²) in [6.07, 6.45) is 4.93. The largest absolute Gasteiger partial charge is 0.368 e. The molecule has 124 valence electrons. The van der Waals surface area contributed by atoms with Crippen LogP contribution in [0.3, 0.4) is 0 Å². The number of hydrogen-bond acceptors (Lipinski definition) is 4. The van der Waals surface area contributed by atoms with Crippen LogP contribution < -0.4 is 0 Å². The van der Waals surface area contributed by atoms with Gasteiger partial charge < -0.3 is 14.5 Å². The van der Waals surface area contributed by atoms with E-state index >= 15 is 0 Å². The first-order valence-corrected chi connectivity index (χ1v) is 8.29. The van der Waals surface area contributed by atoms with Gasteiger partial charge in [0.15, 0.2) is 0 Å². The Morgan fingerprint density at radius 2 is 2.00 bits per heavy atom. The molecule has 3 heterocycles. The molecular weight excluding hydrogens is 318 g/mol. The molecular formula is C16H20ClN3O3. The molecule has 6 nitrogen and oxygen atoms in total. The number of rotatable bonds is 3. The number of carbonyl (C=O) groups excluding carboxylic acids is 2. The van der Waals surface area contributed by atoms with E-state index in [9.17, 15) is 9.59 Å². The van der Waals surface area contributed by atoms with Gasteiger partial charge in [-0.05, 0) is 24.5 Å². The van der Waals surface area contributed by atoms with Gasteiger partial charge in [0.05, 0.1) is 6.42 Å². The normalized spacial score (nSPS) is 21.5. The van der Waals surface area contributed by atoms with Crippen LogP contribution in [0.4, 0.5) is 0 Å². The van der Waals surface area contributed by atoms with Gasteiger partial charge >= 0.3 is 0 Å². The van der Waals surface area contributed by atoms with Gasteiger partial charge in [0, 0.05) is 50.2 Å². The number of halogens is 1. The monoisotopic (exact) mass is 337 g/mol. The number of aromatic nitrogens is 1. The van der Waals surface area contributed by atoms with Gasteiger partial charge in [-0.15, -0.1) is 0 Å². The van der Waals surface area contributed by atoms with Gasteiger partial charge in [-0.25, -0.2) is 0 Å². The van der Waals surface area contributed by atoms with Gasteiger partial charge in [0.25, 0.3) is 5.91 Å². The maximum atomic E-state index is 12.4. The molecule has 0 aromatic carbocycles. The third-order valence-electron chi connectivity index (χ3n) is 4.33. The van der Waals surface area contributed by atoms with Crippen molar-refractivity contribution in [2.75, 3.05) is 32.8 Å². The lowest BCUT2D eigenvalue weighted by Gasteiger charge is -2.35. The number of nitrogens with zero attached hydrogens (tertiary/aromatic N) is 3. The second-order valence-electron chi connectivity index (χ2n) is 5.85. The molecule has 0 bridgehead atoms. The Balaban J connectivity index is 1.51. The fourth-order valence-corrected chi connectivity index (χ4v) is 3.14. The molecule has 0 aliphatic carbocycles. The zero-order valence-corrected chi connectivity index (χ0v) is 13.7. The minimum absolute atomic E-state index is 0.0177. The number of hydrogen-bond donors (Lipinski definition) is 0. The molecule has 1 aromatic heterocycles. The summed E-state index contributed by atoms with van der Waals surface area (Å²) >= 11 is 6.07.